The first-order valence-electron chi connectivity index (χ1n) is 15.6. The van der Waals surface area contributed by atoms with Gasteiger partial charge in [-0.15, -0.1) is 0 Å². The summed E-state index contributed by atoms with van der Waals surface area (Å²) in [6.45, 7) is 8.45. The summed E-state index contributed by atoms with van der Waals surface area (Å²) in [5, 5.41) is 5.72. The van der Waals surface area contributed by atoms with Crippen LogP contribution in [0.4, 0.5) is 0 Å². The van der Waals surface area contributed by atoms with Crippen LogP contribution in [-0.2, 0) is 0 Å². The molecule has 1 aliphatic rings. The van der Waals surface area contributed by atoms with Gasteiger partial charge in [0.25, 0.3) is 0 Å². The Labute approximate surface area is 268 Å². The molecule has 0 radical (unpaired) electrons. The van der Waals surface area contributed by atoms with Gasteiger partial charge in [0.2, 0.25) is 0 Å². The second-order valence-corrected chi connectivity index (χ2v) is 11.7. The van der Waals surface area contributed by atoms with Crippen molar-refractivity contribution in [1.82, 2.24) is 9.97 Å². The topological polar surface area (TPSA) is 38.1 Å². The fraction of sp³-hybridized carbons (Fsp3) is 0.0465. The molecule has 3 heteroatoms. The molecule has 0 fully saturated rings. The van der Waals surface area contributed by atoms with Crippen LogP contribution in [-0.4, -0.2) is 16.2 Å². The normalized spacial score (nSPS) is 12.8. The lowest BCUT2D eigenvalue weighted by molar-refractivity contribution is 1.09. The van der Waals surface area contributed by atoms with E-state index < -0.39 is 0 Å². The average Bonchev–Trinajstić information content (AvgIpc) is 3.13. The number of benzene rings is 6. The van der Waals surface area contributed by atoms with Gasteiger partial charge in [0.1, 0.15) is 0 Å². The number of aromatic nitrogens is 2. The van der Waals surface area contributed by atoms with Crippen molar-refractivity contribution in [3.63, 3.8) is 0 Å². The molecular weight excluding hydrogens is 558 g/mol. The van der Waals surface area contributed by atoms with Gasteiger partial charge in [-0.1, -0.05) is 122 Å². The Morgan fingerprint density at radius 3 is 1.93 bits per heavy atom. The molecule has 0 atom stereocenters. The maximum atomic E-state index is 5.17. The SMILES string of the molecule is C=Cc1ccc2c(-c3cc(C4=CCCC=N4)cc(-c4nc(-c5ccccc5)cc(-c5ccccc5)n4)c3)ccc3ccc(=C)c1c32. The van der Waals surface area contributed by atoms with Gasteiger partial charge in [0.05, 0.1) is 17.1 Å². The van der Waals surface area contributed by atoms with Gasteiger partial charge >= 0.3 is 0 Å². The quantitative estimate of drug-likeness (QED) is 0.194. The minimum absolute atomic E-state index is 0.677. The zero-order valence-electron chi connectivity index (χ0n) is 25.4. The second kappa shape index (κ2) is 11.5. The molecular formula is C43H31N3. The summed E-state index contributed by atoms with van der Waals surface area (Å²) >= 11 is 0. The van der Waals surface area contributed by atoms with Crippen molar-refractivity contribution in [3.05, 3.63) is 150 Å². The molecule has 46 heavy (non-hydrogen) atoms. The summed E-state index contributed by atoms with van der Waals surface area (Å²) in [7, 11) is 0. The first-order valence-corrected chi connectivity index (χ1v) is 15.6. The number of hydrogen-bond donors (Lipinski definition) is 0. The Bertz CT molecular complexity index is 2330. The van der Waals surface area contributed by atoms with E-state index in [0.29, 0.717) is 5.82 Å². The molecule has 0 bridgehead atoms. The van der Waals surface area contributed by atoms with E-state index in [1.54, 1.807) is 0 Å². The summed E-state index contributed by atoms with van der Waals surface area (Å²) in [5.74, 6) is 0.677. The predicted octanol–water partition coefficient (Wildman–Crippen LogP) is 10.4. The maximum absolute atomic E-state index is 5.17. The van der Waals surface area contributed by atoms with Gasteiger partial charge < -0.3 is 0 Å². The first-order chi connectivity index (χ1) is 22.7. The smallest absolute Gasteiger partial charge is 0.160 e. The largest absolute Gasteiger partial charge is 0.261 e. The third-order valence-electron chi connectivity index (χ3n) is 8.78. The van der Waals surface area contributed by atoms with Crippen LogP contribution in [0.25, 0.3) is 84.9 Å². The molecule has 6 aromatic carbocycles. The zero-order chi connectivity index (χ0) is 31.0. The Balaban J connectivity index is 1.40. The van der Waals surface area contributed by atoms with Crippen molar-refractivity contribution in [2.24, 2.45) is 4.99 Å². The van der Waals surface area contributed by atoms with Gasteiger partial charge in [-0.05, 0) is 80.6 Å². The monoisotopic (exact) mass is 589 g/mol. The molecule has 0 unspecified atom stereocenters. The van der Waals surface area contributed by atoms with E-state index in [1.165, 1.54) is 16.2 Å². The van der Waals surface area contributed by atoms with Crippen LogP contribution in [0.5, 0.6) is 0 Å². The highest BCUT2D eigenvalue weighted by Crippen LogP contribution is 2.39. The van der Waals surface area contributed by atoms with Crippen molar-refractivity contribution >= 4 is 46.1 Å². The Morgan fingerprint density at radius 2 is 1.26 bits per heavy atom. The van der Waals surface area contributed by atoms with Crippen LogP contribution in [0.3, 0.4) is 0 Å². The lowest BCUT2D eigenvalue weighted by Gasteiger charge is -2.16. The van der Waals surface area contributed by atoms with Crippen LogP contribution >= 0.6 is 0 Å². The summed E-state index contributed by atoms with van der Waals surface area (Å²) in [5.41, 5.74) is 10.2. The Morgan fingerprint density at radius 1 is 0.587 bits per heavy atom. The molecule has 3 nitrogen and oxygen atoms in total. The summed E-state index contributed by atoms with van der Waals surface area (Å²) < 4.78 is 0. The minimum Gasteiger partial charge on any atom is -0.261 e. The van der Waals surface area contributed by atoms with Gasteiger partial charge in [0.15, 0.2) is 5.82 Å². The number of rotatable bonds is 6. The first kappa shape index (κ1) is 27.6. The summed E-state index contributed by atoms with van der Waals surface area (Å²) in [6.07, 6.45) is 8.08. The molecule has 218 valence electrons. The van der Waals surface area contributed by atoms with Crippen molar-refractivity contribution in [2.75, 3.05) is 0 Å². The number of aliphatic imine (C=N–C) groups is 1. The van der Waals surface area contributed by atoms with Gasteiger partial charge in [-0.3, -0.25) is 4.99 Å². The fourth-order valence-corrected chi connectivity index (χ4v) is 6.52. The van der Waals surface area contributed by atoms with Crippen LogP contribution in [0.15, 0.2) is 139 Å². The molecule has 0 spiro atoms. The van der Waals surface area contributed by atoms with Gasteiger partial charge in [0, 0.05) is 28.5 Å². The van der Waals surface area contributed by atoms with E-state index in [9.17, 15) is 0 Å². The molecule has 2 heterocycles. The number of nitrogens with zero attached hydrogens (tertiary/aromatic N) is 3. The van der Waals surface area contributed by atoms with Crippen LogP contribution in [0.2, 0.25) is 0 Å². The van der Waals surface area contributed by atoms with E-state index in [-0.39, 0.29) is 0 Å². The zero-order valence-corrected chi connectivity index (χ0v) is 25.4. The third kappa shape index (κ3) is 4.92. The van der Waals surface area contributed by atoms with Crippen molar-refractivity contribution in [1.29, 1.82) is 0 Å². The molecule has 8 rings (SSSR count). The second-order valence-electron chi connectivity index (χ2n) is 11.7. The molecule has 0 amide bonds. The molecule has 0 saturated carbocycles. The van der Waals surface area contributed by atoms with Crippen molar-refractivity contribution in [2.45, 2.75) is 12.8 Å². The van der Waals surface area contributed by atoms with E-state index in [0.717, 1.165) is 79.5 Å². The Kier molecular flexibility index (Phi) is 6.92. The van der Waals surface area contributed by atoms with E-state index in [4.69, 9.17) is 15.0 Å². The predicted molar refractivity (Wildman–Crippen MR) is 195 cm³/mol. The van der Waals surface area contributed by atoms with E-state index >= 15 is 0 Å². The number of hydrogen-bond acceptors (Lipinski definition) is 3. The standard InChI is InChI=1S/C43H31N3/c1-3-29-19-22-37-36(21-20-32-18-17-28(2)41(29)42(32)37)33-24-34(38-16-10-11-23-44-38)26-35(25-33)43-45-39(30-12-6-4-7-13-30)27-40(46-43)31-14-8-5-9-15-31/h3-9,12-27H,1-2,10-11H2. The van der Waals surface area contributed by atoms with Crippen LogP contribution in [0.1, 0.15) is 24.0 Å². The van der Waals surface area contributed by atoms with E-state index in [2.05, 4.69) is 104 Å². The number of allylic oxidation sites excluding steroid dienone is 1. The summed E-state index contributed by atoms with van der Waals surface area (Å²) in [4.78, 5) is 15.1. The Hall–Kier alpha value is -5.93. The molecule has 0 saturated heterocycles. The van der Waals surface area contributed by atoms with Crippen molar-refractivity contribution in [3.8, 4) is 45.0 Å². The van der Waals surface area contributed by atoms with Gasteiger partial charge in [-0.2, -0.15) is 0 Å². The van der Waals surface area contributed by atoms with Crippen molar-refractivity contribution < 1.29 is 0 Å². The minimum atomic E-state index is 0.677. The van der Waals surface area contributed by atoms with E-state index in [1.807, 2.05) is 48.7 Å². The highest BCUT2D eigenvalue weighted by atomic mass is 14.9. The highest BCUT2D eigenvalue weighted by Gasteiger charge is 2.17. The molecule has 1 aliphatic heterocycles. The molecule has 7 aromatic rings. The lowest BCUT2D eigenvalue weighted by Crippen LogP contribution is -2.02. The maximum Gasteiger partial charge on any atom is 0.160 e. The summed E-state index contributed by atoms with van der Waals surface area (Å²) in [6, 6.07) is 42.4. The lowest BCUT2D eigenvalue weighted by atomic mass is 9.89. The van der Waals surface area contributed by atoms with Gasteiger partial charge in [-0.25, -0.2) is 9.97 Å². The fourth-order valence-electron chi connectivity index (χ4n) is 6.52. The molecule has 0 N–H and O–H groups in total. The van der Waals surface area contributed by atoms with Crippen LogP contribution < -0.4 is 5.22 Å². The molecule has 0 aliphatic carbocycles. The highest BCUT2D eigenvalue weighted by molar-refractivity contribution is 6.17. The average molecular weight is 590 g/mol. The van der Waals surface area contributed by atoms with Crippen LogP contribution in [0, 0.1) is 0 Å². The molecule has 1 aromatic heterocycles. The third-order valence-corrected chi connectivity index (χ3v) is 8.78.